The number of hydrogen-bond acceptors (Lipinski definition) is 2. The van der Waals surface area contributed by atoms with Gasteiger partial charge in [0.25, 0.3) is 0 Å². The van der Waals surface area contributed by atoms with E-state index in [4.69, 9.17) is 0 Å². The maximum atomic E-state index is 13.5. The van der Waals surface area contributed by atoms with Crippen LogP contribution in [0.25, 0.3) is 0 Å². The molecule has 2 nitrogen and oxygen atoms in total. The molecule has 0 saturated carbocycles. The highest BCUT2D eigenvalue weighted by Crippen LogP contribution is 2.17. The van der Waals surface area contributed by atoms with Crippen LogP contribution in [0.2, 0.25) is 0 Å². The molecule has 1 rings (SSSR count). The Morgan fingerprint density at radius 2 is 1.83 bits per heavy atom. The second kappa shape index (κ2) is 6.74. The first-order valence-electron chi connectivity index (χ1n) is 6.56. The van der Waals surface area contributed by atoms with Gasteiger partial charge in [-0.15, -0.1) is 0 Å². The molecule has 1 N–H and O–H groups in total. The lowest BCUT2D eigenvalue weighted by atomic mass is 9.92. The molecule has 0 unspecified atom stereocenters. The molecule has 0 saturated heterocycles. The minimum Gasteiger partial charge on any atom is -0.371 e. The van der Waals surface area contributed by atoms with Gasteiger partial charge in [-0.25, -0.2) is 4.39 Å². The number of likely N-dealkylation sites (N-methyl/N-ethyl adjacent to an activating group) is 1. The summed E-state index contributed by atoms with van der Waals surface area (Å²) in [6.45, 7) is 9.40. The van der Waals surface area contributed by atoms with E-state index in [-0.39, 0.29) is 5.82 Å². The van der Waals surface area contributed by atoms with Crippen molar-refractivity contribution in [3.63, 3.8) is 0 Å². The van der Waals surface area contributed by atoms with Gasteiger partial charge in [-0.3, -0.25) is 0 Å². The summed E-state index contributed by atoms with van der Waals surface area (Å²) >= 11 is 0. The summed E-state index contributed by atoms with van der Waals surface area (Å²) in [6.07, 6.45) is 1.15. The number of para-hydroxylation sites is 1. The van der Waals surface area contributed by atoms with Crippen LogP contribution in [0.15, 0.2) is 24.3 Å². The molecule has 102 valence electrons. The molecule has 1 aromatic rings. The number of halogens is 1. The second-order valence-corrected chi connectivity index (χ2v) is 5.93. The van der Waals surface area contributed by atoms with Gasteiger partial charge >= 0.3 is 0 Å². The minimum absolute atomic E-state index is 0.158. The van der Waals surface area contributed by atoms with Crippen molar-refractivity contribution in [3.8, 4) is 0 Å². The molecule has 0 amide bonds. The second-order valence-electron chi connectivity index (χ2n) is 5.93. The highest BCUT2D eigenvalue weighted by Gasteiger charge is 2.09. The summed E-state index contributed by atoms with van der Waals surface area (Å²) in [6, 6.07) is 6.89. The maximum Gasteiger partial charge on any atom is 0.146 e. The van der Waals surface area contributed by atoms with E-state index in [1.165, 1.54) is 6.07 Å². The van der Waals surface area contributed by atoms with Gasteiger partial charge in [-0.05, 0) is 30.5 Å². The zero-order valence-corrected chi connectivity index (χ0v) is 12.0. The topological polar surface area (TPSA) is 15.3 Å². The Hall–Kier alpha value is -1.09. The van der Waals surface area contributed by atoms with E-state index in [0.717, 1.165) is 26.1 Å². The zero-order chi connectivity index (χ0) is 13.6. The number of benzene rings is 1. The standard InChI is InChI=1S/C15H25FN2/c1-15(2,3)9-10-17-11-12-18(4)14-8-6-5-7-13(14)16/h5-8,17H,9-12H2,1-4H3. The maximum absolute atomic E-state index is 13.5. The van der Waals surface area contributed by atoms with E-state index in [0.29, 0.717) is 11.1 Å². The predicted octanol–water partition coefficient (Wildman–Crippen LogP) is 3.29. The summed E-state index contributed by atoms with van der Waals surface area (Å²) < 4.78 is 13.5. The number of rotatable bonds is 6. The molecule has 0 atom stereocenters. The quantitative estimate of drug-likeness (QED) is 0.782. The Morgan fingerprint density at radius 3 is 2.44 bits per heavy atom. The van der Waals surface area contributed by atoms with E-state index in [2.05, 4.69) is 26.1 Å². The molecule has 3 heteroatoms. The molecule has 0 fully saturated rings. The van der Waals surface area contributed by atoms with E-state index >= 15 is 0 Å². The third-order valence-corrected chi connectivity index (χ3v) is 2.94. The monoisotopic (exact) mass is 252 g/mol. The van der Waals surface area contributed by atoms with Crippen LogP contribution in [-0.2, 0) is 0 Å². The van der Waals surface area contributed by atoms with Gasteiger partial charge in [0.05, 0.1) is 5.69 Å². The summed E-state index contributed by atoms with van der Waals surface area (Å²) in [5, 5.41) is 3.40. The number of anilines is 1. The zero-order valence-electron chi connectivity index (χ0n) is 12.0. The molecule has 0 aliphatic carbocycles. The Morgan fingerprint density at radius 1 is 1.17 bits per heavy atom. The van der Waals surface area contributed by atoms with Crippen LogP contribution in [0.5, 0.6) is 0 Å². The van der Waals surface area contributed by atoms with Gasteiger partial charge in [0.2, 0.25) is 0 Å². The molecule has 0 aliphatic rings. The SMILES string of the molecule is CN(CCNCCC(C)(C)C)c1ccccc1F. The van der Waals surface area contributed by atoms with Gasteiger partial charge in [0, 0.05) is 20.1 Å². The summed E-state index contributed by atoms with van der Waals surface area (Å²) in [5.74, 6) is -0.158. The third kappa shape index (κ3) is 5.50. The highest BCUT2D eigenvalue weighted by atomic mass is 19.1. The molecular formula is C15H25FN2. The first kappa shape index (κ1) is 15.0. The number of hydrogen-bond donors (Lipinski definition) is 1. The molecular weight excluding hydrogens is 227 g/mol. The predicted molar refractivity (Wildman–Crippen MR) is 76.6 cm³/mol. The molecule has 1 aromatic carbocycles. The third-order valence-electron chi connectivity index (χ3n) is 2.94. The first-order valence-corrected chi connectivity index (χ1v) is 6.56. The first-order chi connectivity index (χ1) is 8.40. The van der Waals surface area contributed by atoms with Crippen molar-refractivity contribution < 1.29 is 4.39 Å². The average Bonchev–Trinajstić information content (AvgIpc) is 2.27. The Bertz CT molecular complexity index is 358. The van der Waals surface area contributed by atoms with Crippen LogP contribution in [0.1, 0.15) is 27.2 Å². The summed E-state index contributed by atoms with van der Waals surface area (Å²) in [5.41, 5.74) is 1.03. The summed E-state index contributed by atoms with van der Waals surface area (Å²) in [4.78, 5) is 1.94. The van der Waals surface area contributed by atoms with Crippen molar-refractivity contribution in [1.29, 1.82) is 0 Å². The lowest BCUT2D eigenvalue weighted by molar-refractivity contribution is 0.368. The van der Waals surface area contributed by atoms with Crippen molar-refractivity contribution in [3.05, 3.63) is 30.1 Å². The largest absolute Gasteiger partial charge is 0.371 e. The molecule has 18 heavy (non-hydrogen) atoms. The van der Waals surface area contributed by atoms with Crippen molar-refractivity contribution in [2.24, 2.45) is 5.41 Å². The van der Waals surface area contributed by atoms with Crippen LogP contribution in [0, 0.1) is 11.2 Å². The number of nitrogens with one attached hydrogen (secondary N) is 1. The van der Waals surface area contributed by atoms with E-state index in [1.54, 1.807) is 6.07 Å². The van der Waals surface area contributed by atoms with Crippen LogP contribution in [0.3, 0.4) is 0 Å². The van der Waals surface area contributed by atoms with Crippen molar-refractivity contribution >= 4 is 5.69 Å². The van der Waals surface area contributed by atoms with E-state index in [1.807, 2.05) is 24.1 Å². The van der Waals surface area contributed by atoms with Crippen LogP contribution in [-0.4, -0.2) is 26.7 Å². The van der Waals surface area contributed by atoms with Crippen molar-refractivity contribution in [2.75, 3.05) is 31.6 Å². The highest BCUT2D eigenvalue weighted by molar-refractivity contribution is 5.46. The molecule has 0 aliphatic heterocycles. The minimum atomic E-state index is -0.158. The Kier molecular flexibility index (Phi) is 5.60. The van der Waals surface area contributed by atoms with Gasteiger partial charge < -0.3 is 10.2 Å². The van der Waals surface area contributed by atoms with Crippen molar-refractivity contribution in [1.82, 2.24) is 5.32 Å². The molecule has 0 heterocycles. The Labute approximate surface area is 110 Å². The molecule has 0 radical (unpaired) electrons. The van der Waals surface area contributed by atoms with Gasteiger partial charge in [0.1, 0.15) is 5.82 Å². The lowest BCUT2D eigenvalue weighted by Gasteiger charge is -2.21. The average molecular weight is 252 g/mol. The Balaban J connectivity index is 2.26. The van der Waals surface area contributed by atoms with Crippen LogP contribution >= 0.6 is 0 Å². The smallest absolute Gasteiger partial charge is 0.146 e. The molecule has 0 spiro atoms. The normalized spacial score (nSPS) is 11.6. The fourth-order valence-corrected chi connectivity index (χ4v) is 1.72. The molecule has 0 bridgehead atoms. The lowest BCUT2D eigenvalue weighted by Crippen LogP contribution is -2.31. The fraction of sp³-hybridized carbons (Fsp3) is 0.600. The number of nitrogens with zero attached hydrogens (tertiary/aromatic N) is 1. The van der Waals surface area contributed by atoms with E-state index < -0.39 is 0 Å². The van der Waals surface area contributed by atoms with E-state index in [9.17, 15) is 4.39 Å². The molecule has 0 aromatic heterocycles. The van der Waals surface area contributed by atoms with Crippen molar-refractivity contribution in [2.45, 2.75) is 27.2 Å². The van der Waals surface area contributed by atoms with Crippen LogP contribution in [0.4, 0.5) is 10.1 Å². The fourth-order valence-electron chi connectivity index (χ4n) is 1.72. The summed E-state index contributed by atoms with van der Waals surface area (Å²) in [7, 11) is 1.92. The van der Waals surface area contributed by atoms with Crippen LogP contribution < -0.4 is 10.2 Å². The van der Waals surface area contributed by atoms with Gasteiger partial charge in [-0.1, -0.05) is 32.9 Å². The van der Waals surface area contributed by atoms with Gasteiger partial charge in [-0.2, -0.15) is 0 Å². The van der Waals surface area contributed by atoms with Gasteiger partial charge in [0.15, 0.2) is 0 Å².